The van der Waals surface area contributed by atoms with Crippen molar-refractivity contribution in [1.29, 1.82) is 10.5 Å². The number of nitriles is 2. The minimum absolute atomic E-state index is 0.272. The van der Waals surface area contributed by atoms with E-state index < -0.39 is 0 Å². The molecule has 0 bridgehead atoms. The highest BCUT2D eigenvalue weighted by Gasteiger charge is 2.45. The molecule has 0 atom stereocenters. The van der Waals surface area contributed by atoms with Gasteiger partial charge >= 0.3 is 0 Å². The maximum Gasteiger partial charge on any atom is 0.247 e. The van der Waals surface area contributed by atoms with Crippen molar-refractivity contribution in [2.45, 2.75) is 31.7 Å². The van der Waals surface area contributed by atoms with Gasteiger partial charge < -0.3 is 20.4 Å². The molecule has 0 radical (unpaired) electrons. The first kappa shape index (κ1) is 21.9. The minimum Gasteiger partial charge on any atom is -0.369 e. The van der Waals surface area contributed by atoms with Crippen LogP contribution in [0.1, 0.15) is 36.9 Å². The monoisotopic (exact) mass is 488 g/mol. The molecule has 0 amide bonds. The molecule has 35 heavy (non-hydrogen) atoms. The van der Waals surface area contributed by atoms with E-state index in [-0.39, 0.29) is 5.95 Å². The van der Waals surface area contributed by atoms with Crippen molar-refractivity contribution < 1.29 is 0 Å². The minimum atomic E-state index is 0.272. The molecule has 3 aromatic rings. The maximum atomic E-state index is 9.68. The van der Waals surface area contributed by atoms with Crippen LogP contribution >= 0.6 is 11.6 Å². The van der Waals surface area contributed by atoms with E-state index in [0.29, 0.717) is 44.9 Å². The summed E-state index contributed by atoms with van der Waals surface area (Å²) in [5, 5.41) is 30.7. The summed E-state index contributed by atoms with van der Waals surface area (Å²) in [6.07, 6.45) is 5.97. The van der Waals surface area contributed by atoms with Crippen LogP contribution in [0.3, 0.4) is 0 Å². The molecule has 0 unspecified atom stereocenters. The van der Waals surface area contributed by atoms with Crippen LogP contribution < -0.4 is 15.5 Å². The summed E-state index contributed by atoms with van der Waals surface area (Å²) in [6, 6.07) is 8.26. The second-order valence-corrected chi connectivity index (χ2v) is 10.3. The smallest absolute Gasteiger partial charge is 0.247 e. The van der Waals surface area contributed by atoms with Gasteiger partial charge in [0.25, 0.3) is 0 Å². The van der Waals surface area contributed by atoms with Gasteiger partial charge in [-0.25, -0.2) is 4.98 Å². The van der Waals surface area contributed by atoms with Gasteiger partial charge in [-0.1, -0.05) is 11.6 Å². The predicted octanol–water partition coefficient (Wildman–Crippen LogP) is 3.37. The number of fused-ring (bicyclic) bond motifs is 1. The van der Waals surface area contributed by atoms with Crippen molar-refractivity contribution in [2.24, 2.45) is 5.41 Å². The van der Waals surface area contributed by atoms with Gasteiger partial charge in [0.15, 0.2) is 17.2 Å². The van der Waals surface area contributed by atoms with E-state index in [1.165, 1.54) is 23.6 Å². The Bertz CT molecular complexity index is 1380. The number of nitrogens with one attached hydrogen (secondary N) is 2. The first-order chi connectivity index (χ1) is 17.0. The van der Waals surface area contributed by atoms with Gasteiger partial charge in [0.2, 0.25) is 5.95 Å². The van der Waals surface area contributed by atoms with Crippen molar-refractivity contribution in [1.82, 2.24) is 24.5 Å². The zero-order chi connectivity index (χ0) is 24.2. The molecule has 178 valence electrons. The molecule has 2 saturated heterocycles. The Hall–Kier alpha value is -3.60. The van der Waals surface area contributed by atoms with Gasteiger partial charge in [-0.05, 0) is 58.0 Å². The van der Waals surface area contributed by atoms with E-state index in [9.17, 15) is 10.5 Å². The Balaban J connectivity index is 1.32. The summed E-state index contributed by atoms with van der Waals surface area (Å²) in [5.41, 5.74) is 3.05. The normalized spacial score (nSPS) is 19.3. The first-order valence-corrected chi connectivity index (χ1v) is 12.2. The Morgan fingerprint density at radius 2 is 1.91 bits per heavy atom. The van der Waals surface area contributed by atoms with Gasteiger partial charge in [0, 0.05) is 24.5 Å². The van der Waals surface area contributed by atoms with Crippen LogP contribution in [-0.2, 0) is 0 Å². The van der Waals surface area contributed by atoms with E-state index in [2.05, 4.69) is 54.7 Å². The van der Waals surface area contributed by atoms with Gasteiger partial charge in [-0.15, -0.1) is 5.10 Å². The molecular formula is C24H25ClN10. The number of halogens is 1. The van der Waals surface area contributed by atoms with Crippen molar-refractivity contribution in [3.05, 3.63) is 34.6 Å². The summed E-state index contributed by atoms with van der Waals surface area (Å²) in [5.74, 6) is 0.833. The van der Waals surface area contributed by atoms with Crippen molar-refractivity contribution in [3.63, 3.8) is 0 Å². The van der Waals surface area contributed by atoms with Crippen LogP contribution in [0.15, 0.2) is 18.3 Å². The standard InChI is InChI=1S/C24H25ClN10/c1-33-6-4-24(5-7-33)13-34(14-24)19-9-15(10-26)8-18(20(19)25)30-23-31-21(29-16-2-3-16)22-28-12-17(11-27)35(22)32-23/h8-9,12,16H,2-7,13-14H2,1H3,(H2,29,30,31,32). The number of nitrogens with zero attached hydrogens (tertiary/aromatic N) is 8. The molecule has 3 fully saturated rings. The van der Waals surface area contributed by atoms with E-state index in [4.69, 9.17) is 11.6 Å². The second kappa shape index (κ2) is 8.26. The van der Waals surface area contributed by atoms with Crippen molar-refractivity contribution in [2.75, 3.05) is 48.8 Å². The predicted molar refractivity (Wildman–Crippen MR) is 133 cm³/mol. The topological polar surface area (TPSA) is 121 Å². The molecule has 3 aliphatic rings. The molecule has 1 spiro atoms. The lowest BCUT2D eigenvalue weighted by atomic mass is 9.72. The fourth-order valence-electron chi connectivity index (χ4n) is 4.99. The molecular weight excluding hydrogens is 464 g/mol. The molecule has 1 aliphatic carbocycles. The largest absolute Gasteiger partial charge is 0.369 e. The summed E-state index contributed by atoms with van der Waals surface area (Å²) in [6.45, 7) is 4.10. The molecule has 11 heteroatoms. The highest BCUT2D eigenvalue weighted by Crippen LogP contribution is 2.46. The molecule has 4 heterocycles. The average Bonchev–Trinajstić information content (AvgIpc) is 3.56. The lowest BCUT2D eigenvalue weighted by Gasteiger charge is -2.55. The van der Waals surface area contributed by atoms with Crippen LogP contribution in [0.4, 0.5) is 23.1 Å². The lowest BCUT2D eigenvalue weighted by molar-refractivity contribution is 0.0906. The molecule has 2 N–H and O–H groups in total. The molecule has 10 nitrogen and oxygen atoms in total. The number of hydrogen-bond acceptors (Lipinski definition) is 9. The zero-order valence-electron chi connectivity index (χ0n) is 19.4. The summed E-state index contributed by atoms with van der Waals surface area (Å²) >= 11 is 6.87. The third-order valence-corrected chi connectivity index (χ3v) is 7.66. The van der Waals surface area contributed by atoms with E-state index in [1.807, 2.05) is 6.07 Å². The molecule has 6 rings (SSSR count). The van der Waals surface area contributed by atoms with E-state index in [1.54, 1.807) is 6.07 Å². The number of piperidine rings is 1. The first-order valence-electron chi connectivity index (χ1n) is 11.8. The number of benzene rings is 1. The quantitative estimate of drug-likeness (QED) is 0.556. The highest BCUT2D eigenvalue weighted by atomic mass is 35.5. The fourth-order valence-corrected chi connectivity index (χ4v) is 5.26. The second-order valence-electron chi connectivity index (χ2n) is 9.95. The maximum absolute atomic E-state index is 9.68. The lowest BCUT2D eigenvalue weighted by Crippen LogP contribution is -2.60. The summed E-state index contributed by atoms with van der Waals surface area (Å²) in [4.78, 5) is 13.6. The van der Waals surface area contributed by atoms with Crippen LogP contribution in [-0.4, -0.2) is 63.8 Å². The number of likely N-dealkylation sites (tertiary alicyclic amines) is 1. The Morgan fingerprint density at radius 3 is 2.60 bits per heavy atom. The molecule has 2 aliphatic heterocycles. The Labute approximate surface area is 208 Å². The number of anilines is 4. The van der Waals surface area contributed by atoms with Gasteiger partial charge in [-0.2, -0.15) is 20.0 Å². The van der Waals surface area contributed by atoms with Gasteiger partial charge in [-0.3, -0.25) is 0 Å². The number of imidazole rings is 1. The Morgan fingerprint density at radius 1 is 1.14 bits per heavy atom. The number of rotatable bonds is 5. The third kappa shape index (κ3) is 3.99. The summed E-state index contributed by atoms with van der Waals surface area (Å²) < 4.78 is 1.47. The van der Waals surface area contributed by atoms with Gasteiger partial charge in [0.05, 0.1) is 34.2 Å². The SMILES string of the molecule is CN1CCC2(CC1)CN(c1cc(C#N)cc(Nc3nc(NC4CC4)c4ncc(C#N)n4n3)c1Cl)C2. The van der Waals surface area contributed by atoms with Crippen LogP contribution in [0.25, 0.3) is 5.65 Å². The molecule has 1 saturated carbocycles. The molecule has 2 aromatic heterocycles. The average molecular weight is 489 g/mol. The Kier molecular flexibility index (Phi) is 5.17. The van der Waals surface area contributed by atoms with Crippen LogP contribution in [0.5, 0.6) is 0 Å². The van der Waals surface area contributed by atoms with Crippen LogP contribution in [0.2, 0.25) is 5.02 Å². The summed E-state index contributed by atoms with van der Waals surface area (Å²) in [7, 11) is 2.17. The number of aromatic nitrogens is 4. The fraction of sp³-hybridized carbons (Fsp3) is 0.458. The zero-order valence-corrected chi connectivity index (χ0v) is 20.2. The third-order valence-electron chi connectivity index (χ3n) is 7.26. The van der Waals surface area contributed by atoms with Crippen molar-refractivity contribution in [3.8, 4) is 12.1 Å². The molecule has 1 aromatic carbocycles. The van der Waals surface area contributed by atoms with E-state index >= 15 is 0 Å². The van der Waals surface area contributed by atoms with Gasteiger partial charge in [0.1, 0.15) is 6.07 Å². The number of hydrogen-bond donors (Lipinski definition) is 2. The van der Waals surface area contributed by atoms with Crippen molar-refractivity contribution >= 4 is 40.4 Å². The van der Waals surface area contributed by atoms with Crippen LogP contribution in [0, 0.1) is 28.1 Å². The highest BCUT2D eigenvalue weighted by molar-refractivity contribution is 6.36. The van der Waals surface area contributed by atoms with E-state index in [0.717, 1.165) is 44.7 Å².